The van der Waals surface area contributed by atoms with Crippen LogP contribution in [0.25, 0.3) is 22.2 Å². The van der Waals surface area contributed by atoms with Gasteiger partial charge in [-0.1, -0.05) is 24.6 Å². The van der Waals surface area contributed by atoms with Gasteiger partial charge in [-0.15, -0.1) is 0 Å². The highest BCUT2D eigenvalue weighted by molar-refractivity contribution is 7.90. The Morgan fingerprint density at radius 3 is 2.57 bits per heavy atom. The van der Waals surface area contributed by atoms with Gasteiger partial charge in [0.2, 0.25) is 0 Å². The van der Waals surface area contributed by atoms with Crippen LogP contribution in [0.3, 0.4) is 0 Å². The maximum Gasteiger partial charge on any atom is 0.269 e. The Hall–Kier alpha value is -2.97. The third-order valence-corrected chi connectivity index (χ3v) is 7.52. The van der Waals surface area contributed by atoms with E-state index in [-0.39, 0.29) is 16.9 Å². The van der Waals surface area contributed by atoms with Crippen molar-refractivity contribution in [1.29, 1.82) is 0 Å². The van der Waals surface area contributed by atoms with Crippen LogP contribution in [0, 0.1) is 0 Å². The Bertz CT molecular complexity index is 1330. The lowest BCUT2D eigenvalue weighted by Crippen LogP contribution is -2.13. The number of pyridine rings is 1. The molecule has 0 saturated heterocycles. The maximum atomic E-state index is 13.4. The van der Waals surface area contributed by atoms with Crippen LogP contribution in [0.5, 0.6) is 0 Å². The molecule has 1 N–H and O–H groups in total. The molecule has 1 aliphatic rings. The molecular weight excluding hydrogens is 400 g/mol. The first kappa shape index (κ1) is 19.0. The Morgan fingerprint density at radius 1 is 1.10 bits per heavy atom. The van der Waals surface area contributed by atoms with Gasteiger partial charge in [-0.05, 0) is 36.6 Å². The standard InChI is InChI=1S/C22H22N4O3S/c1-25-13-16(12-24-25)20-14-26(30(28,29)17-6-3-2-4-7-17)22-19(20)10-15(11-23-22)18-8-5-9-21(18)27/h2-4,6-7,10-14,18,21,27H,5,8-9H2,1H3. The summed E-state index contributed by atoms with van der Waals surface area (Å²) in [6.07, 6.45) is 9.15. The van der Waals surface area contributed by atoms with Crippen LogP contribution >= 0.6 is 0 Å². The molecule has 0 amide bonds. The summed E-state index contributed by atoms with van der Waals surface area (Å²) in [7, 11) is -1.99. The van der Waals surface area contributed by atoms with Crippen LogP contribution in [0.2, 0.25) is 0 Å². The lowest BCUT2D eigenvalue weighted by molar-refractivity contribution is 0.164. The van der Waals surface area contributed by atoms with E-state index in [4.69, 9.17) is 0 Å². The molecule has 30 heavy (non-hydrogen) atoms. The van der Waals surface area contributed by atoms with Gasteiger partial charge in [0, 0.05) is 48.1 Å². The molecule has 3 heterocycles. The normalized spacial score (nSPS) is 19.5. The van der Waals surface area contributed by atoms with Gasteiger partial charge in [-0.25, -0.2) is 17.4 Å². The first-order valence-electron chi connectivity index (χ1n) is 9.94. The zero-order valence-corrected chi connectivity index (χ0v) is 17.3. The molecule has 0 radical (unpaired) electrons. The molecule has 4 aromatic rings. The van der Waals surface area contributed by atoms with Crippen molar-refractivity contribution in [3.05, 3.63) is 66.7 Å². The average Bonchev–Trinajstić information content (AvgIpc) is 3.46. The molecule has 5 rings (SSSR count). The first-order valence-corrected chi connectivity index (χ1v) is 11.4. The zero-order chi connectivity index (χ0) is 20.9. The Morgan fingerprint density at radius 2 is 1.90 bits per heavy atom. The Labute approximate surface area is 174 Å². The predicted octanol–water partition coefficient (Wildman–Crippen LogP) is 3.30. The van der Waals surface area contributed by atoms with Crippen molar-refractivity contribution in [3.63, 3.8) is 0 Å². The number of hydrogen-bond acceptors (Lipinski definition) is 5. The van der Waals surface area contributed by atoms with Crippen LogP contribution in [0.15, 0.2) is 66.1 Å². The highest BCUT2D eigenvalue weighted by atomic mass is 32.2. The number of aliphatic hydroxyl groups excluding tert-OH is 1. The lowest BCUT2D eigenvalue weighted by atomic mass is 9.96. The summed E-state index contributed by atoms with van der Waals surface area (Å²) in [6, 6.07) is 10.3. The summed E-state index contributed by atoms with van der Waals surface area (Å²) in [5, 5.41) is 15.3. The van der Waals surface area contributed by atoms with E-state index in [1.165, 1.54) is 3.97 Å². The van der Waals surface area contributed by atoms with Gasteiger partial charge >= 0.3 is 0 Å². The summed E-state index contributed by atoms with van der Waals surface area (Å²) in [5.41, 5.74) is 2.87. The van der Waals surface area contributed by atoms with Gasteiger partial charge in [0.05, 0.1) is 17.2 Å². The molecule has 1 fully saturated rings. The molecule has 154 valence electrons. The van der Waals surface area contributed by atoms with E-state index in [0.717, 1.165) is 41.3 Å². The first-order chi connectivity index (χ1) is 14.4. The van der Waals surface area contributed by atoms with Gasteiger partial charge in [-0.3, -0.25) is 4.68 Å². The summed E-state index contributed by atoms with van der Waals surface area (Å²) in [6.45, 7) is 0. The van der Waals surface area contributed by atoms with Crippen LogP contribution in [-0.2, 0) is 17.1 Å². The third kappa shape index (κ3) is 3.03. The molecule has 2 atom stereocenters. The van der Waals surface area contributed by atoms with Crippen molar-refractivity contribution in [2.75, 3.05) is 0 Å². The Kier molecular flexibility index (Phi) is 4.48. The second-order valence-corrected chi connectivity index (χ2v) is 9.62. The van der Waals surface area contributed by atoms with Crippen LogP contribution in [-0.4, -0.2) is 38.4 Å². The summed E-state index contributed by atoms with van der Waals surface area (Å²) in [4.78, 5) is 4.76. The van der Waals surface area contributed by atoms with Gasteiger partial charge in [-0.2, -0.15) is 5.10 Å². The molecule has 8 heteroatoms. The molecule has 0 bridgehead atoms. The molecule has 1 saturated carbocycles. The molecule has 2 unspecified atom stereocenters. The number of rotatable bonds is 4. The number of benzene rings is 1. The minimum atomic E-state index is -3.81. The van der Waals surface area contributed by atoms with Gasteiger partial charge in [0.25, 0.3) is 10.0 Å². The number of aliphatic hydroxyl groups is 1. The fraction of sp³-hybridized carbons (Fsp3) is 0.273. The number of aryl methyl sites for hydroxylation is 1. The van der Waals surface area contributed by atoms with Crippen LogP contribution in [0.4, 0.5) is 0 Å². The summed E-state index contributed by atoms with van der Waals surface area (Å²) in [5.74, 6) is 0.0257. The number of hydrogen-bond donors (Lipinski definition) is 1. The minimum absolute atomic E-state index is 0.0257. The fourth-order valence-electron chi connectivity index (χ4n) is 4.31. The van der Waals surface area contributed by atoms with E-state index in [1.807, 2.05) is 19.3 Å². The van der Waals surface area contributed by atoms with E-state index in [9.17, 15) is 13.5 Å². The molecule has 0 aliphatic heterocycles. The molecule has 7 nitrogen and oxygen atoms in total. The second-order valence-electron chi connectivity index (χ2n) is 7.80. The van der Waals surface area contributed by atoms with Crippen molar-refractivity contribution in [2.24, 2.45) is 7.05 Å². The lowest BCUT2D eigenvalue weighted by Gasteiger charge is -2.14. The fourth-order valence-corrected chi connectivity index (χ4v) is 5.65. The number of nitrogens with zero attached hydrogens (tertiary/aromatic N) is 4. The smallest absolute Gasteiger partial charge is 0.269 e. The van der Waals surface area contributed by atoms with Crippen molar-refractivity contribution >= 4 is 21.1 Å². The van der Waals surface area contributed by atoms with Crippen molar-refractivity contribution in [1.82, 2.24) is 18.7 Å². The molecule has 1 aromatic carbocycles. The third-order valence-electron chi connectivity index (χ3n) is 5.86. The van der Waals surface area contributed by atoms with E-state index in [2.05, 4.69) is 10.1 Å². The Balaban J connectivity index is 1.74. The van der Waals surface area contributed by atoms with Crippen LogP contribution < -0.4 is 0 Å². The van der Waals surface area contributed by atoms with Crippen molar-refractivity contribution in [2.45, 2.75) is 36.2 Å². The van der Waals surface area contributed by atoms with E-state index in [1.54, 1.807) is 53.6 Å². The average molecular weight is 423 g/mol. The van der Waals surface area contributed by atoms with Gasteiger partial charge in [0.1, 0.15) is 0 Å². The van der Waals surface area contributed by atoms with E-state index in [0.29, 0.717) is 5.65 Å². The summed E-state index contributed by atoms with van der Waals surface area (Å²) < 4.78 is 29.6. The maximum absolute atomic E-state index is 13.4. The monoisotopic (exact) mass is 422 g/mol. The van der Waals surface area contributed by atoms with Crippen molar-refractivity contribution in [3.8, 4) is 11.1 Å². The quantitative estimate of drug-likeness (QED) is 0.545. The van der Waals surface area contributed by atoms with E-state index >= 15 is 0 Å². The molecule has 0 spiro atoms. The largest absolute Gasteiger partial charge is 0.392 e. The van der Waals surface area contributed by atoms with Crippen molar-refractivity contribution < 1.29 is 13.5 Å². The zero-order valence-electron chi connectivity index (χ0n) is 16.5. The molecular formula is C22H22N4O3S. The SMILES string of the molecule is Cn1cc(-c2cn(S(=O)(=O)c3ccccc3)c3ncc(C4CCCC4O)cc23)cn1. The molecule has 1 aliphatic carbocycles. The van der Waals surface area contributed by atoms with E-state index < -0.39 is 10.0 Å². The number of fused-ring (bicyclic) bond motifs is 1. The second kappa shape index (κ2) is 7.07. The van der Waals surface area contributed by atoms with Gasteiger partial charge < -0.3 is 5.11 Å². The van der Waals surface area contributed by atoms with Gasteiger partial charge in [0.15, 0.2) is 5.65 Å². The highest BCUT2D eigenvalue weighted by Crippen LogP contribution is 2.38. The minimum Gasteiger partial charge on any atom is -0.392 e. The topological polar surface area (TPSA) is 90.0 Å². The molecule has 3 aromatic heterocycles. The highest BCUT2D eigenvalue weighted by Gasteiger charge is 2.29. The number of aromatic nitrogens is 4. The predicted molar refractivity (Wildman–Crippen MR) is 114 cm³/mol. The van der Waals surface area contributed by atoms with Crippen LogP contribution in [0.1, 0.15) is 30.7 Å². The summed E-state index contributed by atoms with van der Waals surface area (Å²) >= 11 is 0.